The minimum absolute atomic E-state index is 0.369. The molecule has 0 aromatic heterocycles. The fourth-order valence-corrected chi connectivity index (χ4v) is 2.34. The number of guanidine groups is 1. The van der Waals surface area contributed by atoms with E-state index in [-0.39, 0.29) is 0 Å². The zero-order chi connectivity index (χ0) is 8.55. The molecule has 0 saturated carbocycles. The van der Waals surface area contributed by atoms with Gasteiger partial charge in [-0.15, -0.1) is 0 Å². The molecular formula is C8H17N4+. The fraction of sp³-hybridized carbons (Fsp3) is 0.875. The molecule has 0 radical (unpaired) electrons. The lowest BCUT2D eigenvalue weighted by molar-refractivity contribution is -0.524. The average Bonchev–Trinajstić information content (AvgIpc) is 2.05. The molecular weight excluding hydrogens is 152 g/mol. The van der Waals surface area contributed by atoms with Crippen molar-refractivity contribution in [3.8, 4) is 0 Å². The molecule has 3 aliphatic rings. The van der Waals surface area contributed by atoms with Crippen LogP contribution in [0.4, 0.5) is 0 Å². The van der Waals surface area contributed by atoms with Crippen LogP contribution >= 0.6 is 0 Å². The molecule has 3 fully saturated rings. The Morgan fingerprint density at radius 1 is 1.25 bits per heavy atom. The van der Waals surface area contributed by atoms with E-state index in [0.29, 0.717) is 12.0 Å². The fourth-order valence-electron chi connectivity index (χ4n) is 2.34. The van der Waals surface area contributed by atoms with Crippen LogP contribution in [-0.4, -0.2) is 36.5 Å². The van der Waals surface area contributed by atoms with Crippen LogP contribution in [0.5, 0.6) is 0 Å². The Morgan fingerprint density at radius 2 is 1.92 bits per heavy atom. The third kappa shape index (κ3) is 1.39. The van der Waals surface area contributed by atoms with Gasteiger partial charge in [-0.3, -0.25) is 21.4 Å². The van der Waals surface area contributed by atoms with Crippen LogP contribution in [-0.2, 0) is 0 Å². The minimum Gasteiger partial charge on any atom is -0.300 e. The van der Waals surface area contributed by atoms with Gasteiger partial charge in [-0.05, 0) is 31.8 Å². The molecule has 1 atom stereocenters. The van der Waals surface area contributed by atoms with Crippen LogP contribution in [0.2, 0.25) is 0 Å². The quantitative estimate of drug-likeness (QED) is 0.299. The van der Waals surface area contributed by atoms with Gasteiger partial charge in [-0.2, -0.15) is 0 Å². The summed E-state index contributed by atoms with van der Waals surface area (Å²) in [6.07, 6.45) is 2.59. The topological polar surface area (TPSA) is 69.2 Å². The Kier molecular flexibility index (Phi) is 1.92. The number of hydrogen-bond acceptors (Lipinski definition) is 1. The first-order chi connectivity index (χ1) is 5.75. The maximum absolute atomic E-state index is 5.42. The number of hydrogen-bond donors (Lipinski definition) is 3. The SMILES string of the molecule is NC(N)=[NH+][C@H]1CN2CCC1CC2. The van der Waals surface area contributed by atoms with Crippen LogP contribution in [0.1, 0.15) is 12.8 Å². The monoisotopic (exact) mass is 169 g/mol. The largest absolute Gasteiger partial charge is 0.339 e. The van der Waals surface area contributed by atoms with Gasteiger partial charge in [0, 0.05) is 6.54 Å². The smallest absolute Gasteiger partial charge is 0.300 e. The van der Waals surface area contributed by atoms with E-state index in [9.17, 15) is 0 Å². The van der Waals surface area contributed by atoms with Gasteiger partial charge in [0.05, 0.1) is 6.04 Å². The van der Waals surface area contributed by atoms with Crippen molar-refractivity contribution >= 4 is 5.96 Å². The predicted molar refractivity (Wildman–Crippen MR) is 47.3 cm³/mol. The molecule has 2 bridgehead atoms. The van der Waals surface area contributed by atoms with E-state index in [2.05, 4.69) is 9.89 Å². The second kappa shape index (κ2) is 2.94. The van der Waals surface area contributed by atoms with Gasteiger partial charge in [0.1, 0.15) is 0 Å². The summed E-state index contributed by atoms with van der Waals surface area (Å²) in [5.74, 6) is 1.16. The van der Waals surface area contributed by atoms with Crippen LogP contribution in [0.15, 0.2) is 0 Å². The Morgan fingerprint density at radius 3 is 2.33 bits per heavy atom. The first-order valence-electron chi connectivity index (χ1n) is 4.62. The summed E-state index contributed by atoms with van der Waals surface area (Å²) in [6.45, 7) is 3.63. The predicted octanol–water partition coefficient (Wildman–Crippen LogP) is -2.57. The molecule has 0 aliphatic carbocycles. The molecule has 0 unspecified atom stereocenters. The lowest BCUT2D eigenvalue weighted by atomic mass is 9.84. The molecule has 5 N–H and O–H groups in total. The molecule has 4 nitrogen and oxygen atoms in total. The van der Waals surface area contributed by atoms with E-state index in [0.717, 1.165) is 12.5 Å². The van der Waals surface area contributed by atoms with E-state index < -0.39 is 0 Å². The van der Waals surface area contributed by atoms with Gasteiger partial charge in [-0.1, -0.05) is 0 Å². The van der Waals surface area contributed by atoms with Crippen molar-refractivity contribution in [1.29, 1.82) is 0 Å². The lowest BCUT2D eigenvalue weighted by Gasteiger charge is -2.42. The molecule has 3 saturated heterocycles. The second-order valence-corrected chi connectivity index (χ2v) is 3.84. The Bertz CT molecular complexity index is 189. The number of rotatable bonds is 1. The molecule has 4 heteroatoms. The number of nitrogens with one attached hydrogen (secondary N) is 1. The van der Waals surface area contributed by atoms with Crippen LogP contribution in [0.3, 0.4) is 0 Å². The van der Waals surface area contributed by atoms with E-state index in [1.165, 1.54) is 25.9 Å². The van der Waals surface area contributed by atoms with Crippen molar-refractivity contribution in [2.75, 3.05) is 19.6 Å². The van der Waals surface area contributed by atoms with Crippen LogP contribution in [0.25, 0.3) is 0 Å². The highest BCUT2D eigenvalue weighted by Gasteiger charge is 2.34. The highest BCUT2D eigenvalue weighted by Crippen LogP contribution is 2.25. The van der Waals surface area contributed by atoms with Gasteiger partial charge in [0.2, 0.25) is 0 Å². The number of nitrogens with two attached hydrogens (primary N) is 2. The first-order valence-corrected chi connectivity index (χ1v) is 4.62. The molecule has 0 aromatic rings. The zero-order valence-corrected chi connectivity index (χ0v) is 7.29. The van der Waals surface area contributed by atoms with Crippen LogP contribution < -0.4 is 16.5 Å². The Balaban J connectivity index is 2.04. The highest BCUT2D eigenvalue weighted by atomic mass is 15.2. The summed E-state index contributed by atoms with van der Waals surface area (Å²) in [4.78, 5) is 5.62. The standard InChI is InChI=1S/C8H16N4/c9-8(10)11-7-5-12-3-1-6(7)2-4-12/h6-7H,1-5H2,(H4,9,10,11)/p+1/t7-/m0/s1. The van der Waals surface area contributed by atoms with Gasteiger partial charge < -0.3 is 0 Å². The Hall–Kier alpha value is -0.770. The zero-order valence-electron chi connectivity index (χ0n) is 7.29. The van der Waals surface area contributed by atoms with Crippen LogP contribution in [0, 0.1) is 5.92 Å². The molecule has 0 spiro atoms. The van der Waals surface area contributed by atoms with E-state index >= 15 is 0 Å². The maximum Gasteiger partial charge on any atom is 0.339 e. The van der Waals surface area contributed by atoms with Crippen molar-refractivity contribution in [3.05, 3.63) is 0 Å². The number of nitrogens with zero attached hydrogens (tertiary/aromatic N) is 1. The molecule has 12 heavy (non-hydrogen) atoms. The molecule has 68 valence electrons. The minimum atomic E-state index is 0.369. The number of piperidine rings is 3. The molecule has 3 heterocycles. The summed E-state index contributed by atoms with van der Waals surface area (Å²) in [5.41, 5.74) is 10.8. The second-order valence-electron chi connectivity index (χ2n) is 3.84. The lowest BCUT2D eigenvalue weighted by Crippen LogP contribution is -2.88. The summed E-state index contributed by atoms with van der Waals surface area (Å²) in [7, 11) is 0. The van der Waals surface area contributed by atoms with Crippen molar-refractivity contribution in [2.45, 2.75) is 18.9 Å². The van der Waals surface area contributed by atoms with Gasteiger partial charge >= 0.3 is 5.96 Å². The molecule has 0 amide bonds. The first kappa shape index (κ1) is 7.86. The van der Waals surface area contributed by atoms with E-state index in [1.54, 1.807) is 0 Å². The summed E-state index contributed by atoms with van der Waals surface area (Å²) in [5, 5.41) is 0. The van der Waals surface area contributed by atoms with Gasteiger partial charge in [0.15, 0.2) is 0 Å². The Labute approximate surface area is 72.6 Å². The third-order valence-corrected chi connectivity index (χ3v) is 3.01. The van der Waals surface area contributed by atoms with Crippen molar-refractivity contribution < 1.29 is 4.99 Å². The van der Waals surface area contributed by atoms with Gasteiger partial charge in [-0.25, -0.2) is 0 Å². The summed E-state index contributed by atoms with van der Waals surface area (Å²) in [6, 6.07) is 0.498. The molecule has 3 aliphatic heterocycles. The summed E-state index contributed by atoms with van der Waals surface area (Å²) < 4.78 is 0. The average molecular weight is 169 g/mol. The normalized spacial score (nSPS) is 39.5. The van der Waals surface area contributed by atoms with Crippen molar-refractivity contribution in [2.24, 2.45) is 17.4 Å². The number of fused-ring (bicyclic) bond motifs is 3. The van der Waals surface area contributed by atoms with Crippen molar-refractivity contribution in [1.82, 2.24) is 4.90 Å². The maximum atomic E-state index is 5.42. The highest BCUT2D eigenvalue weighted by molar-refractivity contribution is 5.69. The van der Waals surface area contributed by atoms with E-state index in [4.69, 9.17) is 11.5 Å². The van der Waals surface area contributed by atoms with E-state index in [1.807, 2.05) is 0 Å². The molecule has 0 aromatic carbocycles. The van der Waals surface area contributed by atoms with Gasteiger partial charge in [0.25, 0.3) is 0 Å². The third-order valence-electron chi connectivity index (χ3n) is 3.01. The molecule has 3 rings (SSSR count). The van der Waals surface area contributed by atoms with Crippen molar-refractivity contribution in [3.63, 3.8) is 0 Å². The summed E-state index contributed by atoms with van der Waals surface area (Å²) >= 11 is 0.